The first-order chi connectivity index (χ1) is 10.8. The van der Waals surface area contributed by atoms with E-state index in [9.17, 15) is 9.59 Å². The van der Waals surface area contributed by atoms with Crippen molar-refractivity contribution in [3.63, 3.8) is 0 Å². The number of aromatic amines is 2. The summed E-state index contributed by atoms with van der Waals surface area (Å²) >= 11 is 0. The van der Waals surface area contributed by atoms with Crippen molar-refractivity contribution in [3.8, 4) is 0 Å². The van der Waals surface area contributed by atoms with E-state index >= 15 is 0 Å². The summed E-state index contributed by atoms with van der Waals surface area (Å²) in [6.07, 6.45) is 3.11. The van der Waals surface area contributed by atoms with E-state index in [-0.39, 0.29) is 11.6 Å². The Labute approximate surface area is 135 Å². The number of carbonyl (C=O) groups is 2. The zero-order chi connectivity index (χ0) is 18.0. The summed E-state index contributed by atoms with van der Waals surface area (Å²) in [5.41, 5.74) is 2.26. The number of carboxylic acid groups (broad SMARTS) is 1. The standard InChI is InChI=1S/C7H11N3O.C5H6N2O2.C2H7N/c1-5-4-8-9-6(5)7(11)10(2)3;1-3-2-6-7-4(3)5(8)9;1-3-2/h4H,1-3H3,(H,8,9);2H,1H3,(H,6,7)(H,8,9);3H,1-2H3. The minimum Gasteiger partial charge on any atom is -0.477 e. The van der Waals surface area contributed by atoms with Gasteiger partial charge in [-0.15, -0.1) is 0 Å². The number of aromatic carboxylic acids is 1. The normalized spacial score (nSPS) is 9.13. The molecule has 0 saturated carbocycles. The fourth-order valence-electron chi connectivity index (χ4n) is 1.35. The van der Waals surface area contributed by atoms with Gasteiger partial charge >= 0.3 is 5.97 Å². The second kappa shape index (κ2) is 10.1. The number of nitrogens with zero attached hydrogens (tertiary/aromatic N) is 3. The van der Waals surface area contributed by atoms with Crippen molar-refractivity contribution in [3.05, 3.63) is 34.9 Å². The number of aryl methyl sites for hydroxylation is 2. The van der Waals surface area contributed by atoms with E-state index in [2.05, 4.69) is 25.7 Å². The molecule has 0 atom stereocenters. The van der Waals surface area contributed by atoms with E-state index in [1.54, 1.807) is 27.2 Å². The molecule has 23 heavy (non-hydrogen) atoms. The van der Waals surface area contributed by atoms with Crippen LogP contribution < -0.4 is 5.32 Å². The largest absolute Gasteiger partial charge is 0.477 e. The molecule has 2 rings (SSSR count). The molecule has 0 bridgehead atoms. The zero-order valence-electron chi connectivity index (χ0n) is 14.3. The maximum absolute atomic E-state index is 11.3. The van der Waals surface area contributed by atoms with E-state index in [1.165, 1.54) is 11.1 Å². The first-order valence-electron chi connectivity index (χ1n) is 6.79. The predicted molar refractivity (Wildman–Crippen MR) is 86.6 cm³/mol. The number of H-pyrrole nitrogens is 2. The van der Waals surface area contributed by atoms with Gasteiger partial charge in [-0.1, -0.05) is 0 Å². The molecule has 1 amide bonds. The van der Waals surface area contributed by atoms with E-state index in [4.69, 9.17) is 5.11 Å². The van der Waals surface area contributed by atoms with Gasteiger partial charge in [0, 0.05) is 19.7 Å². The molecule has 0 aliphatic carbocycles. The highest BCUT2D eigenvalue weighted by molar-refractivity contribution is 5.93. The lowest BCUT2D eigenvalue weighted by Crippen LogP contribution is -2.22. The van der Waals surface area contributed by atoms with Crippen molar-refractivity contribution in [1.29, 1.82) is 0 Å². The van der Waals surface area contributed by atoms with Crippen molar-refractivity contribution in [2.45, 2.75) is 13.8 Å². The maximum Gasteiger partial charge on any atom is 0.354 e. The van der Waals surface area contributed by atoms with Crippen LogP contribution in [0.25, 0.3) is 0 Å². The summed E-state index contributed by atoms with van der Waals surface area (Å²) in [4.78, 5) is 23.0. The molecule has 128 valence electrons. The van der Waals surface area contributed by atoms with Gasteiger partial charge in [-0.2, -0.15) is 10.2 Å². The Kier molecular flexibility index (Phi) is 8.94. The molecule has 9 nitrogen and oxygen atoms in total. The van der Waals surface area contributed by atoms with Crippen LogP contribution in [0.15, 0.2) is 12.4 Å². The molecule has 0 aliphatic rings. The van der Waals surface area contributed by atoms with E-state index in [0.717, 1.165) is 5.56 Å². The highest BCUT2D eigenvalue weighted by Crippen LogP contribution is 2.03. The third kappa shape index (κ3) is 6.74. The van der Waals surface area contributed by atoms with Gasteiger partial charge in [0.15, 0.2) is 0 Å². The molecule has 2 aromatic heterocycles. The van der Waals surface area contributed by atoms with Gasteiger partial charge in [0.1, 0.15) is 11.4 Å². The Morgan fingerprint density at radius 3 is 1.65 bits per heavy atom. The lowest BCUT2D eigenvalue weighted by molar-refractivity contribution is 0.0689. The number of aromatic nitrogens is 4. The number of rotatable bonds is 2. The van der Waals surface area contributed by atoms with Crippen LogP contribution in [0, 0.1) is 13.8 Å². The molecule has 4 N–H and O–H groups in total. The van der Waals surface area contributed by atoms with Crippen molar-refractivity contribution in [2.75, 3.05) is 28.2 Å². The summed E-state index contributed by atoms with van der Waals surface area (Å²) in [7, 11) is 7.17. The molecule has 9 heteroatoms. The van der Waals surface area contributed by atoms with Crippen LogP contribution in [-0.4, -0.2) is 70.5 Å². The summed E-state index contributed by atoms with van der Waals surface area (Å²) in [5.74, 6) is -1.01. The van der Waals surface area contributed by atoms with E-state index < -0.39 is 5.97 Å². The summed E-state index contributed by atoms with van der Waals surface area (Å²) in [6, 6.07) is 0. The lowest BCUT2D eigenvalue weighted by atomic mass is 10.2. The van der Waals surface area contributed by atoms with Crippen molar-refractivity contribution >= 4 is 11.9 Å². The van der Waals surface area contributed by atoms with Crippen LogP contribution >= 0.6 is 0 Å². The van der Waals surface area contributed by atoms with Gasteiger partial charge in [0.25, 0.3) is 5.91 Å². The highest BCUT2D eigenvalue weighted by Gasteiger charge is 2.11. The third-order valence-corrected chi connectivity index (χ3v) is 2.49. The number of nitrogens with one attached hydrogen (secondary N) is 3. The Morgan fingerprint density at radius 2 is 1.43 bits per heavy atom. The molecule has 0 aliphatic heterocycles. The average Bonchev–Trinajstić information content (AvgIpc) is 3.08. The fraction of sp³-hybridized carbons (Fsp3) is 0.429. The third-order valence-electron chi connectivity index (χ3n) is 2.49. The summed E-state index contributed by atoms with van der Waals surface area (Å²) in [6.45, 7) is 3.53. The second-order valence-corrected chi connectivity index (χ2v) is 4.86. The monoisotopic (exact) mass is 324 g/mol. The molecule has 2 heterocycles. The maximum atomic E-state index is 11.3. The van der Waals surface area contributed by atoms with Crippen molar-refractivity contribution in [1.82, 2.24) is 30.6 Å². The topological polar surface area (TPSA) is 127 Å². The van der Waals surface area contributed by atoms with Gasteiger partial charge in [0.2, 0.25) is 0 Å². The summed E-state index contributed by atoms with van der Waals surface area (Å²) < 4.78 is 0. The quantitative estimate of drug-likeness (QED) is 0.643. The Bertz CT molecular complexity index is 618. The summed E-state index contributed by atoms with van der Waals surface area (Å²) in [5, 5.41) is 23.4. The Hall–Kier alpha value is -2.68. The average molecular weight is 324 g/mol. The number of carbonyl (C=O) groups excluding carboxylic acids is 1. The van der Waals surface area contributed by atoms with Gasteiger partial charge in [-0.05, 0) is 33.5 Å². The Balaban J connectivity index is 0.000000365. The van der Waals surface area contributed by atoms with Crippen LogP contribution in [0.5, 0.6) is 0 Å². The second-order valence-electron chi connectivity index (χ2n) is 4.86. The molecule has 0 saturated heterocycles. The molecule has 0 aromatic carbocycles. The van der Waals surface area contributed by atoms with E-state index in [1.807, 2.05) is 21.0 Å². The van der Waals surface area contributed by atoms with Crippen molar-refractivity contribution in [2.24, 2.45) is 0 Å². The number of carboxylic acids is 1. The smallest absolute Gasteiger partial charge is 0.354 e. The molecule has 0 spiro atoms. The molecule has 0 radical (unpaired) electrons. The molecular formula is C14H24N6O3. The zero-order valence-corrected chi connectivity index (χ0v) is 14.3. The predicted octanol–water partition coefficient (Wildman–Crippen LogP) is 0.672. The first kappa shape index (κ1) is 20.3. The minimum absolute atomic E-state index is 0.0417. The molecular weight excluding hydrogens is 300 g/mol. The van der Waals surface area contributed by atoms with Crippen LogP contribution in [0.4, 0.5) is 0 Å². The highest BCUT2D eigenvalue weighted by atomic mass is 16.4. The molecule has 0 unspecified atom stereocenters. The van der Waals surface area contributed by atoms with Crippen LogP contribution in [0.3, 0.4) is 0 Å². The Morgan fingerprint density at radius 1 is 1.04 bits per heavy atom. The van der Waals surface area contributed by atoms with Gasteiger partial charge in [-0.3, -0.25) is 15.0 Å². The molecule has 2 aromatic rings. The number of amides is 1. The van der Waals surface area contributed by atoms with Crippen LogP contribution in [-0.2, 0) is 0 Å². The number of hydrogen-bond donors (Lipinski definition) is 4. The van der Waals surface area contributed by atoms with E-state index in [0.29, 0.717) is 11.3 Å². The SMILES string of the molecule is CNC.Cc1cn[nH]c1C(=O)N(C)C.Cc1cn[nH]c1C(=O)O. The van der Waals surface area contributed by atoms with Gasteiger partial charge in [-0.25, -0.2) is 4.79 Å². The lowest BCUT2D eigenvalue weighted by Gasteiger charge is -2.08. The fourth-order valence-corrected chi connectivity index (χ4v) is 1.35. The van der Waals surface area contributed by atoms with Crippen molar-refractivity contribution < 1.29 is 14.7 Å². The minimum atomic E-state index is -0.968. The van der Waals surface area contributed by atoms with Gasteiger partial charge < -0.3 is 15.3 Å². The first-order valence-corrected chi connectivity index (χ1v) is 6.79. The number of hydrogen-bond acceptors (Lipinski definition) is 5. The van der Waals surface area contributed by atoms with Crippen LogP contribution in [0.1, 0.15) is 32.1 Å². The molecule has 0 fully saturated rings. The van der Waals surface area contributed by atoms with Gasteiger partial charge in [0.05, 0.1) is 12.4 Å². The van der Waals surface area contributed by atoms with Crippen LogP contribution in [0.2, 0.25) is 0 Å².